The molecule has 2 rings (SSSR count). The van der Waals surface area contributed by atoms with E-state index in [1.54, 1.807) is 31.2 Å². The molecule has 1 atom stereocenters. The van der Waals surface area contributed by atoms with Crippen LogP contribution in [0.25, 0.3) is 0 Å². The first-order valence-corrected chi connectivity index (χ1v) is 10.2. The molecule has 30 heavy (non-hydrogen) atoms. The minimum absolute atomic E-state index is 0.00444. The van der Waals surface area contributed by atoms with E-state index in [9.17, 15) is 4.79 Å². The predicted molar refractivity (Wildman–Crippen MR) is 120 cm³/mol. The number of benzene rings is 2. The van der Waals surface area contributed by atoms with Crippen LogP contribution in [0.2, 0.25) is 0 Å². The first-order valence-electron chi connectivity index (χ1n) is 10.2. The Kier molecular flexibility index (Phi) is 8.68. The van der Waals surface area contributed by atoms with Crippen molar-refractivity contribution in [3.63, 3.8) is 0 Å². The topological polar surface area (TPSA) is 109 Å². The highest BCUT2D eigenvalue weighted by Gasteiger charge is 2.23. The van der Waals surface area contributed by atoms with Crippen molar-refractivity contribution in [1.82, 2.24) is 5.32 Å². The van der Waals surface area contributed by atoms with Crippen molar-refractivity contribution >= 4 is 17.5 Å². The van der Waals surface area contributed by atoms with Crippen LogP contribution in [0, 0.1) is 5.41 Å². The molecule has 0 aliphatic rings. The quantitative estimate of drug-likeness (QED) is 0.255. The maximum absolute atomic E-state index is 12.8. The van der Waals surface area contributed by atoms with Gasteiger partial charge in [0.2, 0.25) is 0 Å². The zero-order valence-corrected chi connectivity index (χ0v) is 18.1. The lowest BCUT2D eigenvalue weighted by Gasteiger charge is -2.21. The number of anilines is 1. The summed E-state index contributed by atoms with van der Waals surface area (Å²) >= 11 is 0. The van der Waals surface area contributed by atoms with Gasteiger partial charge in [-0.3, -0.25) is 5.41 Å². The smallest absolute Gasteiger partial charge is 0.333 e. The summed E-state index contributed by atoms with van der Waals surface area (Å²) in [5, 5.41) is 14.2. The van der Waals surface area contributed by atoms with Crippen molar-refractivity contribution in [2.24, 2.45) is 5.73 Å². The van der Waals surface area contributed by atoms with Crippen LogP contribution in [-0.2, 0) is 16.1 Å². The molecule has 0 saturated carbocycles. The second-order valence-corrected chi connectivity index (χ2v) is 7.20. The third-order valence-corrected chi connectivity index (χ3v) is 4.38. The van der Waals surface area contributed by atoms with E-state index in [2.05, 4.69) is 24.5 Å². The number of nitrogens with two attached hydrogens (primary N) is 1. The first kappa shape index (κ1) is 23.2. The maximum Gasteiger partial charge on any atom is 0.333 e. The summed E-state index contributed by atoms with van der Waals surface area (Å²) in [5.41, 5.74) is 8.65. The Labute approximate surface area is 178 Å². The van der Waals surface area contributed by atoms with E-state index < -0.39 is 6.04 Å². The number of esters is 1. The third kappa shape index (κ3) is 6.77. The van der Waals surface area contributed by atoms with Crippen molar-refractivity contribution in [3.05, 3.63) is 59.2 Å². The van der Waals surface area contributed by atoms with Crippen LogP contribution in [0.3, 0.4) is 0 Å². The van der Waals surface area contributed by atoms with E-state index in [0.717, 1.165) is 16.8 Å². The summed E-state index contributed by atoms with van der Waals surface area (Å²) < 4.78 is 11.0. The lowest BCUT2D eigenvalue weighted by molar-refractivity contribution is -0.144. The average molecular weight is 413 g/mol. The summed E-state index contributed by atoms with van der Waals surface area (Å²) in [7, 11) is 0. The maximum atomic E-state index is 12.8. The van der Waals surface area contributed by atoms with Crippen molar-refractivity contribution in [2.75, 3.05) is 18.5 Å². The molecule has 0 aromatic heterocycles. The van der Waals surface area contributed by atoms with Gasteiger partial charge in [0.25, 0.3) is 0 Å². The number of hydrogen-bond donors (Lipinski definition) is 4. The number of hydrogen-bond acceptors (Lipinski definition) is 6. The average Bonchev–Trinajstić information content (AvgIpc) is 2.71. The fourth-order valence-electron chi connectivity index (χ4n) is 2.94. The molecule has 0 fully saturated rings. The Bertz CT molecular complexity index is 850. The molecule has 0 radical (unpaired) electrons. The molecule has 0 aliphatic carbocycles. The number of nitrogens with one attached hydrogen (secondary N) is 3. The number of carbonyl (C=O) groups is 1. The molecule has 1 unspecified atom stereocenters. The molecule has 0 aliphatic heterocycles. The molecule has 162 valence electrons. The molecule has 0 spiro atoms. The number of rotatable bonds is 11. The lowest BCUT2D eigenvalue weighted by Crippen LogP contribution is -2.25. The van der Waals surface area contributed by atoms with Gasteiger partial charge in [-0.2, -0.15) is 0 Å². The molecule has 7 nitrogen and oxygen atoms in total. The normalized spacial score (nSPS) is 11.8. The summed E-state index contributed by atoms with van der Waals surface area (Å²) in [6.07, 6.45) is 0. The van der Waals surface area contributed by atoms with E-state index in [1.807, 2.05) is 25.1 Å². The summed E-state index contributed by atoms with van der Waals surface area (Å²) in [6.45, 7) is 9.36. The van der Waals surface area contributed by atoms with Crippen molar-refractivity contribution in [3.8, 4) is 5.75 Å². The Balaban J connectivity index is 2.38. The van der Waals surface area contributed by atoms with Crippen LogP contribution in [0.15, 0.2) is 42.5 Å². The highest BCUT2D eigenvalue weighted by Crippen LogP contribution is 2.27. The number of amidine groups is 1. The van der Waals surface area contributed by atoms with Crippen LogP contribution in [-0.4, -0.2) is 31.1 Å². The van der Waals surface area contributed by atoms with Crippen LogP contribution in [0.5, 0.6) is 5.75 Å². The van der Waals surface area contributed by atoms with Gasteiger partial charge in [0, 0.05) is 23.8 Å². The predicted octanol–water partition coefficient (Wildman–Crippen LogP) is 3.58. The molecule has 0 heterocycles. The van der Waals surface area contributed by atoms with Gasteiger partial charge in [0.05, 0.1) is 13.2 Å². The molecule has 0 saturated heterocycles. The highest BCUT2D eigenvalue weighted by molar-refractivity contribution is 5.95. The van der Waals surface area contributed by atoms with Gasteiger partial charge in [-0.25, -0.2) is 4.79 Å². The van der Waals surface area contributed by atoms with E-state index in [0.29, 0.717) is 30.5 Å². The Morgan fingerprint density at radius 3 is 2.37 bits per heavy atom. The van der Waals surface area contributed by atoms with Gasteiger partial charge in [0.1, 0.15) is 11.6 Å². The molecule has 2 aromatic rings. The second kappa shape index (κ2) is 11.2. The van der Waals surface area contributed by atoms with Gasteiger partial charge in [0.15, 0.2) is 6.04 Å². The number of ether oxygens (including phenoxy) is 2. The summed E-state index contributed by atoms with van der Waals surface area (Å²) in [5.74, 6) is 0.332. The van der Waals surface area contributed by atoms with Crippen LogP contribution >= 0.6 is 0 Å². The van der Waals surface area contributed by atoms with Crippen molar-refractivity contribution in [2.45, 2.75) is 46.3 Å². The first-order chi connectivity index (χ1) is 14.3. The van der Waals surface area contributed by atoms with Gasteiger partial charge in [-0.1, -0.05) is 19.9 Å². The Hall–Kier alpha value is -3.06. The largest absolute Gasteiger partial charge is 0.494 e. The van der Waals surface area contributed by atoms with Crippen LogP contribution < -0.4 is 21.1 Å². The number of carbonyl (C=O) groups excluding carboxylic acids is 1. The van der Waals surface area contributed by atoms with E-state index in [4.69, 9.17) is 20.6 Å². The van der Waals surface area contributed by atoms with Crippen LogP contribution in [0.1, 0.15) is 50.4 Å². The van der Waals surface area contributed by atoms with Crippen molar-refractivity contribution in [1.29, 1.82) is 5.41 Å². The zero-order chi connectivity index (χ0) is 22.1. The van der Waals surface area contributed by atoms with Crippen LogP contribution in [0.4, 0.5) is 5.69 Å². The zero-order valence-electron chi connectivity index (χ0n) is 18.1. The Morgan fingerprint density at radius 2 is 1.80 bits per heavy atom. The Morgan fingerprint density at radius 1 is 1.10 bits per heavy atom. The molecule has 0 bridgehead atoms. The van der Waals surface area contributed by atoms with E-state index in [-0.39, 0.29) is 18.4 Å². The van der Waals surface area contributed by atoms with Gasteiger partial charge in [-0.15, -0.1) is 0 Å². The second-order valence-electron chi connectivity index (χ2n) is 7.20. The van der Waals surface area contributed by atoms with Gasteiger partial charge >= 0.3 is 5.97 Å². The molecule has 7 heteroatoms. The monoisotopic (exact) mass is 412 g/mol. The minimum atomic E-state index is -0.702. The van der Waals surface area contributed by atoms with E-state index in [1.165, 1.54) is 0 Å². The lowest BCUT2D eigenvalue weighted by atomic mass is 10.0. The van der Waals surface area contributed by atoms with E-state index >= 15 is 0 Å². The standard InChI is InChI=1S/C23H32N4O3/c1-5-29-20-12-16(14-26-15(3)4)11-18(13-20)21(23(28)30-6-2)27-19-9-7-17(8-10-19)22(24)25/h7-13,15,21,26-27H,5-6,14H2,1-4H3,(H3,24,25). The SMILES string of the molecule is CCOC(=O)C(Nc1ccc(C(=N)N)cc1)c1cc(CNC(C)C)cc(OCC)c1. The molecular weight excluding hydrogens is 380 g/mol. The molecular formula is C23H32N4O3. The van der Waals surface area contributed by atoms with Crippen molar-refractivity contribution < 1.29 is 14.3 Å². The fourth-order valence-corrected chi connectivity index (χ4v) is 2.94. The molecule has 2 aromatic carbocycles. The fraction of sp³-hybridized carbons (Fsp3) is 0.391. The van der Waals surface area contributed by atoms with Gasteiger partial charge in [-0.05, 0) is 61.4 Å². The number of nitrogen functional groups attached to an aromatic ring is 1. The minimum Gasteiger partial charge on any atom is -0.494 e. The summed E-state index contributed by atoms with van der Waals surface area (Å²) in [4.78, 5) is 12.8. The molecule has 5 N–H and O–H groups in total. The van der Waals surface area contributed by atoms with Gasteiger partial charge < -0.3 is 25.8 Å². The summed E-state index contributed by atoms with van der Waals surface area (Å²) in [6, 6.07) is 12.5. The third-order valence-electron chi connectivity index (χ3n) is 4.38. The highest BCUT2D eigenvalue weighted by atomic mass is 16.5. The molecule has 0 amide bonds.